The molecule has 0 unspecified atom stereocenters. The first-order valence-electron chi connectivity index (χ1n) is 4.35. The number of anilines is 3. The van der Waals surface area contributed by atoms with Crippen LogP contribution in [0, 0.1) is 0 Å². The Bertz CT molecular complexity index is 248. The zero-order valence-electron chi connectivity index (χ0n) is 8.33. The van der Waals surface area contributed by atoms with Gasteiger partial charge in [-0.1, -0.05) is 13.8 Å². The Balaban J connectivity index is 0.000000671. The lowest BCUT2D eigenvalue weighted by Crippen LogP contribution is -2.06. The molecule has 0 aliphatic carbocycles. The Morgan fingerprint density at radius 2 is 1.92 bits per heavy atom. The first kappa shape index (κ1) is 11.5. The minimum Gasteiger partial charge on any atom is -0.393 e. The van der Waals surface area contributed by atoms with Crippen molar-refractivity contribution in [1.29, 1.82) is 0 Å². The Morgan fingerprint density at radius 3 is 2.46 bits per heavy atom. The van der Waals surface area contributed by atoms with E-state index < -0.39 is 0 Å². The molecule has 13 heavy (non-hydrogen) atoms. The quantitative estimate of drug-likeness (QED) is 0.638. The number of hydrogen-bond donors (Lipinski definition) is 3. The molecule has 0 aliphatic rings. The molecule has 0 bridgehead atoms. The molecule has 0 spiro atoms. The van der Waals surface area contributed by atoms with Gasteiger partial charge in [-0.05, 0) is 6.92 Å². The van der Waals surface area contributed by atoms with Gasteiger partial charge in [0.15, 0.2) is 11.6 Å². The third-order valence-electron chi connectivity index (χ3n) is 1.26. The summed E-state index contributed by atoms with van der Waals surface area (Å²) in [5.41, 5.74) is 11.4. The van der Waals surface area contributed by atoms with Crippen LogP contribution in [0.2, 0.25) is 0 Å². The molecular weight excluding hydrogens is 166 g/mol. The second kappa shape index (κ2) is 6.05. The van der Waals surface area contributed by atoms with E-state index in [1.54, 1.807) is 0 Å². The van der Waals surface area contributed by atoms with Gasteiger partial charge in [0.25, 0.3) is 0 Å². The van der Waals surface area contributed by atoms with Crippen LogP contribution in [0.4, 0.5) is 17.3 Å². The molecule has 0 radical (unpaired) electrons. The fourth-order valence-corrected chi connectivity index (χ4v) is 0.718. The summed E-state index contributed by atoms with van der Waals surface area (Å²) < 4.78 is 0. The van der Waals surface area contributed by atoms with Gasteiger partial charge in [-0.25, -0.2) is 9.97 Å². The molecular formula is C8H17N5. The highest BCUT2D eigenvalue weighted by molar-refractivity contribution is 5.71. The van der Waals surface area contributed by atoms with Crippen LogP contribution < -0.4 is 16.8 Å². The summed E-state index contributed by atoms with van der Waals surface area (Å²) in [6.45, 7) is 6.72. The van der Waals surface area contributed by atoms with Crippen LogP contribution in [-0.2, 0) is 0 Å². The van der Waals surface area contributed by atoms with Crippen LogP contribution in [0.25, 0.3) is 0 Å². The van der Waals surface area contributed by atoms with Gasteiger partial charge < -0.3 is 16.8 Å². The van der Waals surface area contributed by atoms with Gasteiger partial charge in [0.1, 0.15) is 12.0 Å². The molecule has 0 amide bonds. The van der Waals surface area contributed by atoms with E-state index in [4.69, 9.17) is 11.5 Å². The monoisotopic (exact) mass is 183 g/mol. The highest BCUT2D eigenvalue weighted by Gasteiger charge is 2.01. The van der Waals surface area contributed by atoms with Crippen LogP contribution in [0.15, 0.2) is 6.33 Å². The summed E-state index contributed by atoms with van der Waals surface area (Å²) in [6, 6.07) is 0. The van der Waals surface area contributed by atoms with Crippen molar-refractivity contribution in [2.45, 2.75) is 20.8 Å². The average molecular weight is 183 g/mol. The van der Waals surface area contributed by atoms with Crippen molar-refractivity contribution in [2.24, 2.45) is 0 Å². The second-order valence-corrected chi connectivity index (χ2v) is 2.05. The van der Waals surface area contributed by atoms with Gasteiger partial charge in [-0.3, -0.25) is 0 Å². The molecule has 1 aromatic rings. The van der Waals surface area contributed by atoms with E-state index >= 15 is 0 Å². The van der Waals surface area contributed by atoms with Crippen LogP contribution in [0.1, 0.15) is 20.8 Å². The van der Waals surface area contributed by atoms with E-state index in [0.29, 0.717) is 17.3 Å². The SMILES string of the molecule is CC.CCNc1ncnc(N)c1N. The van der Waals surface area contributed by atoms with Gasteiger partial charge in [-0.15, -0.1) is 0 Å². The summed E-state index contributed by atoms with van der Waals surface area (Å²) in [7, 11) is 0. The molecule has 5 nitrogen and oxygen atoms in total. The summed E-state index contributed by atoms with van der Waals surface area (Å²) in [5.74, 6) is 0.913. The van der Waals surface area contributed by atoms with E-state index in [9.17, 15) is 0 Å². The summed E-state index contributed by atoms with van der Waals surface area (Å²) in [5, 5.41) is 2.96. The topological polar surface area (TPSA) is 89.8 Å². The molecule has 74 valence electrons. The van der Waals surface area contributed by atoms with Crippen molar-refractivity contribution in [3.05, 3.63) is 6.33 Å². The largest absolute Gasteiger partial charge is 0.393 e. The molecule has 5 heteroatoms. The van der Waals surface area contributed by atoms with E-state index in [-0.39, 0.29) is 0 Å². The molecule has 5 N–H and O–H groups in total. The number of nitrogens with zero attached hydrogens (tertiary/aromatic N) is 2. The molecule has 1 rings (SSSR count). The van der Waals surface area contributed by atoms with Crippen molar-refractivity contribution in [2.75, 3.05) is 23.3 Å². The third-order valence-corrected chi connectivity index (χ3v) is 1.26. The van der Waals surface area contributed by atoms with Crippen molar-refractivity contribution < 1.29 is 0 Å². The molecule has 1 aromatic heterocycles. The summed E-state index contributed by atoms with van der Waals surface area (Å²) in [6.07, 6.45) is 1.38. The van der Waals surface area contributed by atoms with Gasteiger partial charge in [0.2, 0.25) is 0 Å². The maximum absolute atomic E-state index is 5.56. The fourth-order valence-electron chi connectivity index (χ4n) is 0.718. The first-order valence-corrected chi connectivity index (χ1v) is 4.35. The molecule has 0 atom stereocenters. The number of rotatable bonds is 2. The predicted molar refractivity (Wildman–Crippen MR) is 56.4 cm³/mol. The Labute approximate surface area is 78.6 Å². The lowest BCUT2D eigenvalue weighted by atomic mass is 10.4. The normalized spacial score (nSPS) is 8.54. The van der Waals surface area contributed by atoms with Crippen molar-refractivity contribution >= 4 is 17.3 Å². The number of nitrogens with two attached hydrogens (primary N) is 2. The van der Waals surface area contributed by atoms with Crippen molar-refractivity contribution in [3.63, 3.8) is 0 Å². The smallest absolute Gasteiger partial charge is 0.154 e. The minimum atomic E-state index is 0.316. The molecule has 1 heterocycles. The van der Waals surface area contributed by atoms with Gasteiger partial charge in [0.05, 0.1) is 0 Å². The molecule has 0 aromatic carbocycles. The molecule has 0 saturated heterocycles. The standard InChI is InChI=1S/C6H11N5.C2H6/c1-2-9-6-4(7)5(8)10-3-11-6;1-2/h3H,2,7H2,1H3,(H3,8,9,10,11);1-2H3. The zero-order chi connectivity index (χ0) is 10.3. The Morgan fingerprint density at radius 1 is 1.31 bits per heavy atom. The van der Waals surface area contributed by atoms with E-state index in [2.05, 4.69) is 15.3 Å². The van der Waals surface area contributed by atoms with E-state index in [1.807, 2.05) is 20.8 Å². The highest BCUT2D eigenvalue weighted by Crippen LogP contribution is 2.18. The maximum atomic E-state index is 5.56. The maximum Gasteiger partial charge on any atom is 0.154 e. The Hall–Kier alpha value is -1.52. The summed E-state index contributed by atoms with van der Waals surface area (Å²) in [4.78, 5) is 7.62. The van der Waals surface area contributed by atoms with Crippen LogP contribution in [0.5, 0.6) is 0 Å². The number of hydrogen-bond acceptors (Lipinski definition) is 5. The molecule has 0 aliphatic heterocycles. The predicted octanol–water partition coefficient (Wildman–Crippen LogP) is 1.10. The average Bonchev–Trinajstić information content (AvgIpc) is 2.17. The third kappa shape index (κ3) is 3.14. The first-order chi connectivity index (χ1) is 6.25. The van der Waals surface area contributed by atoms with E-state index in [1.165, 1.54) is 6.33 Å². The lowest BCUT2D eigenvalue weighted by Gasteiger charge is -2.05. The molecule has 0 fully saturated rings. The van der Waals surface area contributed by atoms with Crippen molar-refractivity contribution in [3.8, 4) is 0 Å². The van der Waals surface area contributed by atoms with Crippen LogP contribution in [0.3, 0.4) is 0 Å². The van der Waals surface area contributed by atoms with Gasteiger partial charge in [-0.2, -0.15) is 0 Å². The lowest BCUT2D eigenvalue weighted by molar-refractivity contribution is 1.12. The second-order valence-electron chi connectivity index (χ2n) is 2.05. The van der Waals surface area contributed by atoms with Gasteiger partial charge >= 0.3 is 0 Å². The van der Waals surface area contributed by atoms with Gasteiger partial charge in [0, 0.05) is 6.54 Å². The molecule has 0 saturated carbocycles. The number of nitrogen functional groups attached to an aromatic ring is 2. The Kier molecular flexibility index (Phi) is 5.34. The van der Waals surface area contributed by atoms with Crippen LogP contribution in [-0.4, -0.2) is 16.5 Å². The fraction of sp³-hybridized carbons (Fsp3) is 0.500. The number of aromatic nitrogens is 2. The van der Waals surface area contributed by atoms with Crippen LogP contribution >= 0.6 is 0 Å². The zero-order valence-corrected chi connectivity index (χ0v) is 8.33. The minimum absolute atomic E-state index is 0.316. The van der Waals surface area contributed by atoms with E-state index in [0.717, 1.165) is 6.54 Å². The summed E-state index contributed by atoms with van der Waals surface area (Å²) >= 11 is 0. The highest BCUT2D eigenvalue weighted by atomic mass is 15.1. The van der Waals surface area contributed by atoms with Crippen molar-refractivity contribution in [1.82, 2.24) is 9.97 Å². The number of nitrogens with one attached hydrogen (secondary N) is 1.